The molecule has 3 aromatic rings. The number of methoxy groups -OCH3 is 1. The number of amides is 1. The number of fused-ring (bicyclic) bond motifs is 2. The predicted molar refractivity (Wildman–Crippen MR) is 103 cm³/mol. The maximum Gasteiger partial charge on any atom is 0.256 e. The molecule has 24 heavy (non-hydrogen) atoms. The van der Waals surface area contributed by atoms with Gasteiger partial charge in [0.2, 0.25) is 0 Å². The van der Waals surface area contributed by atoms with E-state index < -0.39 is 0 Å². The van der Waals surface area contributed by atoms with Crippen molar-refractivity contribution in [3.05, 3.63) is 56.6 Å². The monoisotopic (exact) mass is 446 g/mol. The fraction of sp³-hybridized carbons (Fsp3) is 0.0556. The second kappa shape index (κ2) is 5.79. The topological polar surface area (TPSA) is 54.1 Å². The number of anilines is 1. The van der Waals surface area contributed by atoms with Crippen LogP contribution >= 0.6 is 31.9 Å². The minimum absolute atomic E-state index is 0.110. The van der Waals surface area contributed by atoms with Crippen molar-refractivity contribution in [2.75, 3.05) is 12.4 Å². The molecule has 2 heterocycles. The van der Waals surface area contributed by atoms with E-state index >= 15 is 0 Å². The number of hydrogen-bond acceptors (Lipinski definition) is 2. The zero-order valence-corrected chi connectivity index (χ0v) is 15.8. The second-order valence-electron chi connectivity index (χ2n) is 5.48. The van der Waals surface area contributed by atoms with Gasteiger partial charge in [0.25, 0.3) is 5.91 Å². The number of rotatable bonds is 2. The molecule has 0 fully saturated rings. The molecule has 1 aromatic heterocycles. The molecule has 4 nitrogen and oxygen atoms in total. The number of carbonyl (C=O) groups is 1. The van der Waals surface area contributed by atoms with Crippen LogP contribution < -0.4 is 10.1 Å². The molecule has 0 spiro atoms. The van der Waals surface area contributed by atoms with Crippen molar-refractivity contribution in [1.29, 1.82) is 0 Å². The van der Waals surface area contributed by atoms with Gasteiger partial charge in [-0.15, -0.1) is 0 Å². The lowest BCUT2D eigenvalue weighted by molar-refractivity contribution is -0.110. The standard InChI is InChI=1S/C18H12Br2N2O2/c1-24-11-2-3-16-12(7-11)9(8-21-16)4-14-13-5-10(19)6-15(20)17(13)22-18(14)23/h2-8,21H,1H3,(H,22,23). The number of aromatic nitrogens is 1. The summed E-state index contributed by atoms with van der Waals surface area (Å²) in [5.41, 5.74) is 4.25. The summed E-state index contributed by atoms with van der Waals surface area (Å²) >= 11 is 6.98. The van der Waals surface area contributed by atoms with Crippen molar-refractivity contribution < 1.29 is 9.53 Å². The minimum atomic E-state index is -0.110. The lowest BCUT2D eigenvalue weighted by atomic mass is 10.0. The van der Waals surface area contributed by atoms with Gasteiger partial charge in [0.15, 0.2) is 0 Å². The van der Waals surface area contributed by atoms with Crippen LogP contribution in [0.2, 0.25) is 0 Å². The summed E-state index contributed by atoms with van der Waals surface area (Å²) in [6, 6.07) is 9.69. The maximum atomic E-state index is 12.4. The van der Waals surface area contributed by atoms with Crippen LogP contribution in [-0.2, 0) is 4.79 Å². The quantitative estimate of drug-likeness (QED) is 0.531. The molecule has 2 aromatic carbocycles. The Hall–Kier alpha value is -2.05. The summed E-state index contributed by atoms with van der Waals surface area (Å²) in [4.78, 5) is 15.7. The predicted octanol–water partition coefficient (Wildman–Crippen LogP) is 5.19. The van der Waals surface area contributed by atoms with Gasteiger partial charge >= 0.3 is 0 Å². The van der Waals surface area contributed by atoms with Gasteiger partial charge in [-0.2, -0.15) is 0 Å². The Bertz CT molecular complexity index is 1020. The van der Waals surface area contributed by atoms with Gasteiger partial charge in [0, 0.05) is 42.7 Å². The summed E-state index contributed by atoms with van der Waals surface area (Å²) in [5.74, 6) is 0.671. The Kier molecular flexibility index (Phi) is 3.73. The van der Waals surface area contributed by atoms with E-state index in [1.807, 2.05) is 42.6 Å². The van der Waals surface area contributed by atoms with E-state index in [1.54, 1.807) is 7.11 Å². The zero-order chi connectivity index (χ0) is 16.8. The lowest BCUT2D eigenvalue weighted by Gasteiger charge is -2.03. The third kappa shape index (κ3) is 2.46. The van der Waals surface area contributed by atoms with Crippen molar-refractivity contribution >= 4 is 66.0 Å². The van der Waals surface area contributed by atoms with Gasteiger partial charge in [-0.3, -0.25) is 4.79 Å². The number of ether oxygens (including phenoxy) is 1. The largest absolute Gasteiger partial charge is 0.497 e. The third-order valence-corrected chi connectivity index (χ3v) is 5.13. The number of H-pyrrole nitrogens is 1. The van der Waals surface area contributed by atoms with Crippen molar-refractivity contribution in [2.24, 2.45) is 0 Å². The molecule has 0 saturated heterocycles. The first-order chi connectivity index (χ1) is 11.6. The van der Waals surface area contributed by atoms with Crippen LogP contribution in [0.1, 0.15) is 11.1 Å². The van der Waals surface area contributed by atoms with Gasteiger partial charge in [-0.1, -0.05) is 15.9 Å². The van der Waals surface area contributed by atoms with E-state index in [0.29, 0.717) is 5.57 Å². The van der Waals surface area contributed by atoms with Gasteiger partial charge in [-0.25, -0.2) is 0 Å². The number of benzene rings is 2. The molecular weight excluding hydrogens is 436 g/mol. The smallest absolute Gasteiger partial charge is 0.256 e. The van der Waals surface area contributed by atoms with Crippen LogP contribution in [0.5, 0.6) is 5.75 Å². The van der Waals surface area contributed by atoms with Gasteiger partial charge < -0.3 is 15.0 Å². The summed E-state index contributed by atoms with van der Waals surface area (Å²) in [6.07, 6.45) is 3.80. The highest BCUT2D eigenvalue weighted by Crippen LogP contribution is 2.41. The zero-order valence-electron chi connectivity index (χ0n) is 12.6. The van der Waals surface area contributed by atoms with Gasteiger partial charge in [0.05, 0.1) is 12.8 Å². The molecule has 0 radical (unpaired) electrons. The molecule has 6 heteroatoms. The molecule has 0 unspecified atom stereocenters. The normalized spacial score (nSPS) is 15.0. The molecule has 0 aliphatic carbocycles. The SMILES string of the molecule is COc1ccc2[nH]cc(C=C3C(=O)Nc4c(Br)cc(Br)cc43)c2c1. The second-order valence-corrected chi connectivity index (χ2v) is 7.25. The average Bonchev–Trinajstić information content (AvgIpc) is 3.10. The van der Waals surface area contributed by atoms with Crippen LogP contribution in [-0.4, -0.2) is 18.0 Å². The van der Waals surface area contributed by atoms with Crippen molar-refractivity contribution in [1.82, 2.24) is 4.98 Å². The fourth-order valence-corrected chi connectivity index (χ4v) is 4.21. The first-order valence-electron chi connectivity index (χ1n) is 7.24. The van der Waals surface area contributed by atoms with Crippen LogP contribution in [0, 0.1) is 0 Å². The van der Waals surface area contributed by atoms with E-state index in [4.69, 9.17) is 4.74 Å². The Morgan fingerprint density at radius 3 is 2.79 bits per heavy atom. The molecule has 120 valence electrons. The third-order valence-electron chi connectivity index (χ3n) is 4.05. The molecule has 0 atom stereocenters. The first kappa shape index (κ1) is 15.5. The van der Waals surface area contributed by atoms with E-state index in [9.17, 15) is 4.79 Å². The van der Waals surface area contributed by atoms with Crippen LogP contribution in [0.3, 0.4) is 0 Å². The van der Waals surface area contributed by atoms with Crippen molar-refractivity contribution in [2.45, 2.75) is 0 Å². The minimum Gasteiger partial charge on any atom is -0.497 e. The average molecular weight is 448 g/mol. The van der Waals surface area contributed by atoms with Crippen LogP contribution in [0.15, 0.2) is 45.5 Å². The van der Waals surface area contributed by atoms with Gasteiger partial charge in [-0.05, 0) is 52.3 Å². The number of halogens is 2. The maximum absolute atomic E-state index is 12.4. The molecule has 1 aliphatic heterocycles. The molecular formula is C18H12Br2N2O2. The molecule has 1 amide bonds. The molecule has 1 aliphatic rings. The molecule has 0 bridgehead atoms. The Labute approximate surface area is 155 Å². The van der Waals surface area contributed by atoms with E-state index in [1.165, 1.54) is 0 Å². The Morgan fingerprint density at radius 2 is 2.00 bits per heavy atom. The summed E-state index contributed by atoms with van der Waals surface area (Å²) in [6.45, 7) is 0. The fourth-order valence-electron chi connectivity index (χ4n) is 2.88. The van der Waals surface area contributed by atoms with E-state index in [2.05, 4.69) is 42.2 Å². The van der Waals surface area contributed by atoms with E-state index in [-0.39, 0.29) is 5.91 Å². The number of hydrogen-bond donors (Lipinski definition) is 2. The van der Waals surface area contributed by atoms with Gasteiger partial charge in [0.1, 0.15) is 5.75 Å². The number of aromatic amines is 1. The highest BCUT2D eigenvalue weighted by atomic mass is 79.9. The molecule has 2 N–H and O–H groups in total. The first-order valence-corrected chi connectivity index (χ1v) is 8.83. The van der Waals surface area contributed by atoms with Crippen LogP contribution in [0.4, 0.5) is 5.69 Å². The number of nitrogens with one attached hydrogen (secondary N) is 2. The number of carbonyl (C=O) groups excluding carboxylic acids is 1. The van der Waals surface area contributed by atoms with E-state index in [0.717, 1.165) is 42.4 Å². The van der Waals surface area contributed by atoms with Crippen LogP contribution in [0.25, 0.3) is 22.6 Å². The summed E-state index contributed by atoms with van der Waals surface area (Å²) < 4.78 is 7.06. The lowest BCUT2D eigenvalue weighted by Crippen LogP contribution is -2.03. The van der Waals surface area contributed by atoms with Crippen molar-refractivity contribution in [3.63, 3.8) is 0 Å². The Balaban J connectivity index is 1.90. The Morgan fingerprint density at radius 1 is 1.17 bits per heavy atom. The summed E-state index contributed by atoms with van der Waals surface area (Å²) in [5, 5.41) is 3.93. The molecule has 4 rings (SSSR count). The molecule has 0 saturated carbocycles. The highest BCUT2D eigenvalue weighted by molar-refractivity contribution is 9.11. The van der Waals surface area contributed by atoms with Crippen molar-refractivity contribution in [3.8, 4) is 5.75 Å². The highest BCUT2D eigenvalue weighted by Gasteiger charge is 2.26. The summed E-state index contributed by atoms with van der Waals surface area (Å²) in [7, 11) is 1.64.